The number of unbranched alkanes of at least 4 members (excludes halogenated alkanes) is 1. The van der Waals surface area contributed by atoms with Crippen LogP contribution in [0, 0.1) is 6.92 Å². The topological polar surface area (TPSA) is 32.3 Å². The molecule has 0 aliphatic carbocycles. The van der Waals surface area contributed by atoms with E-state index in [2.05, 4.69) is 12.2 Å². The molecule has 3 nitrogen and oxygen atoms in total. The molecule has 0 saturated heterocycles. The molecule has 1 N–H and O–H groups in total. The highest BCUT2D eigenvalue weighted by atomic mass is 16.2. The van der Waals surface area contributed by atoms with Gasteiger partial charge in [0.05, 0.1) is 0 Å². The molecule has 16 heavy (non-hydrogen) atoms. The van der Waals surface area contributed by atoms with E-state index in [1.807, 2.05) is 31.2 Å². The Bertz CT molecular complexity index is 332. The number of rotatable bonds is 4. The van der Waals surface area contributed by atoms with Crippen molar-refractivity contribution >= 4 is 11.7 Å². The first-order valence-corrected chi connectivity index (χ1v) is 5.73. The van der Waals surface area contributed by atoms with Gasteiger partial charge in [0.2, 0.25) is 0 Å². The van der Waals surface area contributed by atoms with Crippen LogP contribution in [0.1, 0.15) is 25.3 Å². The Balaban J connectivity index is 2.53. The first-order valence-electron chi connectivity index (χ1n) is 5.73. The highest BCUT2D eigenvalue weighted by Crippen LogP contribution is 2.13. The Hall–Kier alpha value is -1.51. The van der Waals surface area contributed by atoms with Crippen molar-refractivity contribution in [1.29, 1.82) is 0 Å². The Kier molecular flexibility index (Phi) is 4.83. The first kappa shape index (κ1) is 12.6. The van der Waals surface area contributed by atoms with Gasteiger partial charge in [-0.3, -0.25) is 4.90 Å². The summed E-state index contributed by atoms with van der Waals surface area (Å²) in [4.78, 5) is 13.4. The summed E-state index contributed by atoms with van der Waals surface area (Å²) in [7, 11) is 1.78. The lowest BCUT2D eigenvalue weighted by Gasteiger charge is -2.18. The molecule has 1 aromatic rings. The van der Waals surface area contributed by atoms with Crippen molar-refractivity contribution in [2.45, 2.75) is 26.7 Å². The zero-order chi connectivity index (χ0) is 12.0. The van der Waals surface area contributed by atoms with Crippen LogP contribution in [0.15, 0.2) is 24.3 Å². The molecule has 0 heterocycles. The van der Waals surface area contributed by atoms with Gasteiger partial charge in [0.1, 0.15) is 0 Å². The van der Waals surface area contributed by atoms with E-state index < -0.39 is 0 Å². The molecule has 0 radical (unpaired) electrons. The minimum absolute atomic E-state index is 0.0442. The Labute approximate surface area is 97.5 Å². The van der Waals surface area contributed by atoms with Crippen molar-refractivity contribution in [3.63, 3.8) is 0 Å². The lowest BCUT2D eigenvalue weighted by Crippen LogP contribution is -2.37. The number of nitrogens with one attached hydrogen (secondary N) is 1. The summed E-state index contributed by atoms with van der Waals surface area (Å²) < 4.78 is 0. The van der Waals surface area contributed by atoms with E-state index in [9.17, 15) is 4.79 Å². The van der Waals surface area contributed by atoms with Crippen LogP contribution in [0.5, 0.6) is 0 Å². The van der Waals surface area contributed by atoms with E-state index in [-0.39, 0.29) is 6.03 Å². The zero-order valence-corrected chi connectivity index (χ0v) is 10.3. The molecule has 0 fully saturated rings. The van der Waals surface area contributed by atoms with Crippen molar-refractivity contribution in [2.24, 2.45) is 0 Å². The molecule has 0 saturated carbocycles. The maximum Gasteiger partial charge on any atom is 0.321 e. The van der Waals surface area contributed by atoms with Crippen LogP contribution < -0.4 is 10.2 Å². The molecule has 0 aromatic heterocycles. The van der Waals surface area contributed by atoms with Crippen LogP contribution in [-0.4, -0.2) is 19.6 Å². The number of benzene rings is 1. The number of aryl methyl sites for hydroxylation is 1. The van der Waals surface area contributed by atoms with Crippen molar-refractivity contribution in [3.8, 4) is 0 Å². The second kappa shape index (κ2) is 6.16. The van der Waals surface area contributed by atoms with Crippen LogP contribution in [0.3, 0.4) is 0 Å². The maximum absolute atomic E-state index is 11.7. The Morgan fingerprint density at radius 1 is 1.31 bits per heavy atom. The quantitative estimate of drug-likeness (QED) is 0.777. The van der Waals surface area contributed by atoms with Crippen molar-refractivity contribution in [2.75, 3.05) is 18.5 Å². The third-order valence-electron chi connectivity index (χ3n) is 2.53. The van der Waals surface area contributed by atoms with Gasteiger partial charge in [0.15, 0.2) is 0 Å². The molecule has 0 atom stereocenters. The van der Waals surface area contributed by atoms with Crippen LogP contribution in [0.25, 0.3) is 0 Å². The monoisotopic (exact) mass is 220 g/mol. The van der Waals surface area contributed by atoms with Gasteiger partial charge in [-0.1, -0.05) is 31.0 Å². The van der Waals surface area contributed by atoms with Gasteiger partial charge in [-0.05, 0) is 25.5 Å². The average molecular weight is 220 g/mol. The Morgan fingerprint density at radius 3 is 2.50 bits per heavy atom. The molecule has 3 heteroatoms. The molecule has 0 unspecified atom stereocenters. The summed E-state index contributed by atoms with van der Waals surface area (Å²) in [6.07, 6.45) is 2.11. The lowest BCUT2D eigenvalue weighted by molar-refractivity contribution is 0.247. The molecular weight excluding hydrogens is 200 g/mol. The number of anilines is 1. The SMILES string of the molecule is CCCCNC(=O)N(C)c1ccc(C)cc1. The lowest BCUT2D eigenvalue weighted by atomic mass is 10.2. The fraction of sp³-hybridized carbons (Fsp3) is 0.462. The standard InChI is InChI=1S/C13H20N2O/c1-4-5-10-14-13(16)15(3)12-8-6-11(2)7-9-12/h6-9H,4-5,10H2,1-3H3,(H,14,16). The van der Waals surface area contributed by atoms with Crippen LogP contribution in [0.4, 0.5) is 10.5 Å². The van der Waals surface area contributed by atoms with Gasteiger partial charge >= 0.3 is 6.03 Å². The maximum atomic E-state index is 11.7. The number of nitrogens with zero attached hydrogens (tertiary/aromatic N) is 1. The fourth-order valence-electron chi connectivity index (χ4n) is 1.38. The second-order valence-electron chi connectivity index (χ2n) is 3.98. The first-order chi connectivity index (χ1) is 7.65. The minimum atomic E-state index is -0.0442. The number of amides is 2. The van der Waals surface area contributed by atoms with Gasteiger partial charge in [-0.25, -0.2) is 4.79 Å². The van der Waals surface area contributed by atoms with E-state index in [4.69, 9.17) is 0 Å². The summed E-state index contributed by atoms with van der Waals surface area (Å²) in [6.45, 7) is 4.88. The predicted molar refractivity (Wildman–Crippen MR) is 67.9 cm³/mol. The summed E-state index contributed by atoms with van der Waals surface area (Å²) in [5.41, 5.74) is 2.11. The molecule has 1 rings (SSSR count). The van der Waals surface area contributed by atoms with E-state index in [1.165, 1.54) is 5.56 Å². The zero-order valence-electron chi connectivity index (χ0n) is 10.3. The summed E-state index contributed by atoms with van der Waals surface area (Å²) in [6, 6.07) is 7.87. The minimum Gasteiger partial charge on any atom is -0.338 e. The van der Waals surface area contributed by atoms with Gasteiger partial charge in [0.25, 0.3) is 0 Å². The van der Waals surface area contributed by atoms with Crippen LogP contribution in [-0.2, 0) is 0 Å². The van der Waals surface area contributed by atoms with Gasteiger partial charge in [-0.15, -0.1) is 0 Å². The molecule has 0 bridgehead atoms. The van der Waals surface area contributed by atoms with Crippen LogP contribution in [0.2, 0.25) is 0 Å². The number of carbonyl (C=O) groups excluding carboxylic acids is 1. The summed E-state index contributed by atoms with van der Waals surface area (Å²) in [5, 5.41) is 2.88. The van der Waals surface area contributed by atoms with Crippen LogP contribution >= 0.6 is 0 Å². The van der Waals surface area contributed by atoms with Crippen molar-refractivity contribution in [3.05, 3.63) is 29.8 Å². The number of hydrogen-bond acceptors (Lipinski definition) is 1. The average Bonchev–Trinajstić information content (AvgIpc) is 2.29. The predicted octanol–water partition coefficient (Wildman–Crippen LogP) is 2.94. The molecular formula is C13H20N2O. The van der Waals surface area contributed by atoms with E-state index in [0.717, 1.165) is 25.1 Å². The largest absolute Gasteiger partial charge is 0.338 e. The van der Waals surface area contributed by atoms with Crippen molar-refractivity contribution < 1.29 is 4.79 Å². The normalized spacial score (nSPS) is 9.94. The van der Waals surface area contributed by atoms with Gasteiger partial charge < -0.3 is 5.32 Å². The van der Waals surface area contributed by atoms with E-state index >= 15 is 0 Å². The third-order valence-corrected chi connectivity index (χ3v) is 2.53. The highest BCUT2D eigenvalue weighted by molar-refractivity contribution is 5.91. The molecule has 0 spiro atoms. The molecule has 2 amide bonds. The molecule has 0 aliphatic rings. The number of carbonyl (C=O) groups is 1. The summed E-state index contributed by atoms with van der Waals surface area (Å²) >= 11 is 0. The third kappa shape index (κ3) is 3.57. The van der Waals surface area contributed by atoms with E-state index in [0.29, 0.717) is 0 Å². The molecule has 88 valence electrons. The molecule has 1 aromatic carbocycles. The number of hydrogen-bond donors (Lipinski definition) is 1. The highest BCUT2D eigenvalue weighted by Gasteiger charge is 2.08. The van der Waals surface area contributed by atoms with E-state index in [1.54, 1.807) is 11.9 Å². The van der Waals surface area contributed by atoms with Gasteiger partial charge in [-0.2, -0.15) is 0 Å². The molecule has 0 aliphatic heterocycles. The number of urea groups is 1. The smallest absolute Gasteiger partial charge is 0.321 e. The van der Waals surface area contributed by atoms with Gasteiger partial charge in [0, 0.05) is 19.3 Å². The fourth-order valence-corrected chi connectivity index (χ4v) is 1.38. The summed E-state index contributed by atoms with van der Waals surface area (Å²) in [5.74, 6) is 0. The van der Waals surface area contributed by atoms with Crippen molar-refractivity contribution in [1.82, 2.24) is 5.32 Å². The second-order valence-corrected chi connectivity index (χ2v) is 3.98. The Morgan fingerprint density at radius 2 is 1.94 bits per heavy atom.